The number of piperidine rings is 1. The summed E-state index contributed by atoms with van der Waals surface area (Å²) in [7, 11) is 0. The molecule has 2 heterocycles. The molecule has 1 aliphatic rings. The maximum Gasteiger partial charge on any atom is 0.251 e. The molecule has 1 fully saturated rings. The first kappa shape index (κ1) is 20.6. The standard InChI is InChI=1S/C23H32FN3O/c1-3-4-11-20-22(18-9-8-10-19(24)16-18)21(23(25)28)17(2)27(20)15-14-26-12-6-5-7-13-26/h8-10,16H,3-7,11-15H2,1-2H3,(H2,25,28). The number of likely N-dealkylation sites (tertiary alicyclic amines) is 1. The Labute approximate surface area is 167 Å². The molecule has 0 radical (unpaired) electrons. The van der Waals surface area contributed by atoms with Crippen molar-refractivity contribution in [3.8, 4) is 11.1 Å². The van der Waals surface area contributed by atoms with Crippen molar-refractivity contribution in [2.24, 2.45) is 5.73 Å². The molecule has 0 bridgehead atoms. The van der Waals surface area contributed by atoms with Gasteiger partial charge in [-0.1, -0.05) is 31.9 Å². The SMILES string of the molecule is CCCCc1c(-c2cccc(F)c2)c(C(N)=O)c(C)n1CCN1CCCCC1. The summed E-state index contributed by atoms with van der Waals surface area (Å²) in [5.74, 6) is -0.737. The van der Waals surface area contributed by atoms with E-state index in [4.69, 9.17) is 5.73 Å². The van der Waals surface area contributed by atoms with Crippen molar-refractivity contribution in [2.75, 3.05) is 19.6 Å². The van der Waals surface area contributed by atoms with Crippen LogP contribution in [0.15, 0.2) is 24.3 Å². The number of aromatic nitrogens is 1. The maximum absolute atomic E-state index is 13.9. The van der Waals surface area contributed by atoms with Gasteiger partial charge in [-0.2, -0.15) is 0 Å². The number of hydrogen-bond acceptors (Lipinski definition) is 2. The van der Waals surface area contributed by atoms with E-state index in [1.165, 1.54) is 31.4 Å². The summed E-state index contributed by atoms with van der Waals surface area (Å²) in [5.41, 5.74) is 9.88. The third-order valence-electron chi connectivity index (χ3n) is 5.85. The van der Waals surface area contributed by atoms with E-state index in [2.05, 4.69) is 16.4 Å². The van der Waals surface area contributed by atoms with E-state index >= 15 is 0 Å². The van der Waals surface area contributed by atoms with Gasteiger partial charge in [-0.25, -0.2) is 4.39 Å². The highest BCUT2D eigenvalue weighted by Gasteiger charge is 2.25. The lowest BCUT2D eigenvalue weighted by atomic mass is 9.97. The second-order valence-electron chi connectivity index (χ2n) is 7.81. The van der Waals surface area contributed by atoms with Crippen molar-refractivity contribution in [1.29, 1.82) is 0 Å². The molecule has 1 aromatic carbocycles. The van der Waals surface area contributed by atoms with E-state index in [-0.39, 0.29) is 5.82 Å². The number of nitrogens with two attached hydrogens (primary N) is 1. The number of nitrogens with zero attached hydrogens (tertiary/aromatic N) is 2. The second kappa shape index (κ2) is 9.37. The van der Waals surface area contributed by atoms with Crippen molar-refractivity contribution in [2.45, 2.75) is 58.9 Å². The molecule has 2 N–H and O–H groups in total. The second-order valence-corrected chi connectivity index (χ2v) is 7.81. The first-order valence-corrected chi connectivity index (χ1v) is 10.5. The molecule has 5 heteroatoms. The van der Waals surface area contributed by atoms with Crippen molar-refractivity contribution < 1.29 is 9.18 Å². The van der Waals surface area contributed by atoms with Crippen molar-refractivity contribution in [3.63, 3.8) is 0 Å². The molecule has 152 valence electrons. The van der Waals surface area contributed by atoms with E-state index in [1.54, 1.807) is 6.07 Å². The fourth-order valence-corrected chi connectivity index (χ4v) is 4.39. The van der Waals surface area contributed by atoms with Crippen molar-refractivity contribution in [1.82, 2.24) is 9.47 Å². The number of carbonyl (C=O) groups excluding carboxylic acids is 1. The van der Waals surface area contributed by atoms with Crippen LogP contribution in [0.25, 0.3) is 11.1 Å². The summed E-state index contributed by atoms with van der Waals surface area (Å²) in [6.07, 6.45) is 6.77. The summed E-state index contributed by atoms with van der Waals surface area (Å²) in [6, 6.07) is 6.50. The summed E-state index contributed by atoms with van der Waals surface area (Å²) in [4.78, 5) is 14.8. The molecule has 0 saturated carbocycles. The maximum atomic E-state index is 13.9. The summed E-state index contributed by atoms with van der Waals surface area (Å²) < 4.78 is 16.2. The predicted molar refractivity (Wildman–Crippen MR) is 112 cm³/mol. The molecule has 1 aliphatic heterocycles. The van der Waals surface area contributed by atoms with Gasteiger partial charge in [0.1, 0.15) is 5.82 Å². The summed E-state index contributed by atoms with van der Waals surface area (Å²) in [6.45, 7) is 8.21. The molecule has 28 heavy (non-hydrogen) atoms. The van der Waals surface area contributed by atoms with E-state index < -0.39 is 5.91 Å². The zero-order chi connectivity index (χ0) is 20.1. The monoisotopic (exact) mass is 385 g/mol. The lowest BCUT2D eigenvalue weighted by molar-refractivity contribution is 0.1000. The average molecular weight is 386 g/mol. The van der Waals surface area contributed by atoms with Crippen LogP contribution in [0.2, 0.25) is 0 Å². The predicted octanol–water partition coefficient (Wildman–Crippen LogP) is 4.53. The van der Waals surface area contributed by atoms with Gasteiger partial charge in [0.05, 0.1) is 5.56 Å². The summed E-state index contributed by atoms with van der Waals surface area (Å²) in [5, 5.41) is 0. The average Bonchev–Trinajstić information content (AvgIpc) is 2.97. The lowest BCUT2D eigenvalue weighted by Gasteiger charge is -2.27. The highest BCUT2D eigenvalue weighted by molar-refractivity contribution is 6.02. The topological polar surface area (TPSA) is 51.3 Å². The Morgan fingerprint density at radius 1 is 1.18 bits per heavy atom. The van der Waals surface area contributed by atoms with Crippen molar-refractivity contribution >= 4 is 5.91 Å². The Morgan fingerprint density at radius 2 is 1.93 bits per heavy atom. The molecule has 0 unspecified atom stereocenters. The molecule has 3 rings (SSSR count). The molecule has 4 nitrogen and oxygen atoms in total. The van der Waals surface area contributed by atoms with E-state index in [9.17, 15) is 9.18 Å². The van der Waals surface area contributed by atoms with Crippen LogP contribution >= 0.6 is 0 Å². The Kier molecular flexibility index (Phi) is 6.89. The molecule has 0 spiro atoms. The molecular formula is C23H32FN3O. The number of halogens is 1. The van der Waals surface area contributed by atoms with Crippen LogP contribution in [0.3, 0.4) is 0 Å². The number of primary amides is 1. The first-order chi connectivity index (χ1) is 13.5. The third kappa shape index (κ3) is 4.46. The first-order valence-electron chi connectivity index (χ1n) is 10.5. The molecule has 0 atom stereocenters. The zero-order valence-corrected chi connectivity index (χ0v) is 17.1. The Bertz CT molecular complexity index is 821. The summed E-state index contributed by atoms with van der Waals surface area (Å²) >= 11 is 0. The number of unbranched alkanes of at least 4 members (excludes halogenated alkanes) is 1. The van der Waals surface area contributed by atoms with Crippen LogP contribution in [0.5, 0.6) is 0 Å². The molecule has 0 aliphatic carbocycles. The minimum absolute atomic E-state index is 0.298. The number of hydrogen-bond donors (Lipinski definition) is 1. The van der Waals surface area contributed by atoms with E-state index in [1.807, 2.05) is 13.0 Å². The van der Waals surface area contributed by atoms with Gasteiger partial charge in [-0.3, -0.25) is 4.79 Å². The highest BCUT2D eigenvalue weighted by atomic mass is 19.1. The molecule has 1 aromatic heterocycles. The van der Waals surface area contributed by atoms with Crippen molar-refractivity contribution in [3.05, 3.63) is 47.0 Å². The highest BCUT2D eigenvalue weighted by Crippen LogP contribution is 2.34. The van der Waals surface area contributed by atoms with Gasteiger partial charge in [0.2, 0.25) is 0 Å². The third-order valence-corrected chi connectivity index (χ3v) is 5.85. The molecule has 2 aromatic rings. The van der Waals surface area contributed by atoms with Crippen LogP contribution in [-0.2, 0) is 13.0 Å². The van der Waals surface area contributed by atoms with Gasteiger partial charge in [-0.15, -0.1) is 0 Å². The minimum Gasteiger partial charge on any atom is -0.366 e. The Balaban J connectivity index is 2.04. The molecule has 1 saturated heterocycles. The Hall–Kier alpha value is -2.14. The van der Waals surface area contributed by atoms with Crippen LogP contribution in [0.4, 0.5) is 4.39 Å². The largest absolute Gasteiger partial charge is 0.366 e. The minimum atomic E-state index is -0.439. The van der Waals surface area contributed by atoms with Gasteiger partial charge in [0.15, 0.2) is 0 Å². The zero-order valence-electron chi connectivity index (χ0n) is 17.1. The van der Waals surface area contributed by atoms with Crippen LogP contribution in [0, 0.1) is 12.7 Å². The fourth-order valence-electron chi connectivity index (χ4n) is 4.39. The normalized spacial score (nSPS) is 15.1. The van der Waals surface area contributed by atoms with E-state index in [0.717, 1.165) is 68.0 Å². The number of rotatable bonds is 8. The number of amides is 1. The van der Waals surface area contributed by atoms with Gasteiger partial charge < -0.3 is 15.2 Å². The molecule has 1 amide bonds. The van der Waals surface area contributed by atoms with Gasteiger partial charge in [0, 0.05) is 30.0 Å². The number of carbonyl (C=O) groups is 1. The van der Waals surface area contributed by atoms with Crippen LogP contribution in [-0.4, -0.2) is 35.0 Å². The van der Waals surface area contributed by atoms with E-state index in [0.29, 0.717) is 5.56 Å². The smallest absolute Gasteiger partial charge is 0.251 e. The quantitative estimate of drug-likeness (QED) is 0.726. The van der Waals surface area contributed by atoms with Gasteiger partial charge >= 0.3 is 0 Å². The number of benzene rings is 1. The Morgan fingerprint density at radius 3 is 2.57 bits per heavy atom. The lowest BCUT2D eigenvalue weighted by Crippen LogP contribution is -2.33. The van der Waals surface area contributed by atoms with Crippen LogP contribution < -0.4 is 5.73 Å². The molecular weight excluding hydrogens is 353 g/mol. The van der Waals surface area contributed by atoms with Gasteiger partial charge in [0.25, 0.3) is 5.91 Å². The van der Waals surface area contributed by atoms with Gasteiger partial charge in [-0.05, 0) is 63.4 Å². The van der Waals surface area contributed by atoms with Crippen LogP contribution in [0.1, 0.15) is 60.8 Å². The fraction of sp³-hybridized carbons (Fsp3) is 0.522.